The molecule has 0 amide bonds. The van der Waals surface area contributed by atoms with Gasteiger partial charge in [0.15, 0.2) is 0 Å². The lowest BCUT2D eigenvalue weighted by atomic mass is 10.2. The van der Waals surface area contributed by atoms with E-state index in [9.17, 15) is 0 Å². The van der Waals surface area contributed by atoms with E-state index < -0.39 is 0 Å². The number of para-hydroxylation sites is 1. The minimum Gasteiger partial charge on any atom is -0.379 e. The lowest BCUT2D eigenvalue weighted by molar-refractivity contribution is 1.09. The molecule has 0 aliphatic carbocycles. The first-order valence-electron chi connectivity index (χ1n) is 6.09. The van der Waals surface area contributed by atoms with Crippen LogP contribution in [0.25, 0.3) is 10.9 Å². The molecule has 0 saturated heterocycles. The van der Waals surface area contributed by atoms with E-state index in [1.807, 2.05) is 42.5 Å². The van der Waals surface area contributed by atoms with E-state index in [1.54, 1.807) is 0 Å². The standard InChI is InChI=1S/C15H11BrCl2N2/c16-11-6-5-9(7-12(11)17)19-8-14-15(18)10-3-1-2-4-13(10)20-14/h1-7,19-20H,8H2. The minimum atomic E-state index is 0.617. The summed E-state index contributed by atoms with van der Waals surface area (Å²) in [6.45, 7) is 0.617. The number of nitrogens with one attached hydrogen (secondary N) is 2. The zero-order valence-corrected chi connectivity index (χ0v) is 13.5. The number of benzene rings is 2. The second-order valence-electron chi connectivity index (χ2n) is 4.45. The summed E-state index contributed by atoms with van der Waals surface area (Å²) in [6.07, 6.45) is 0. The fourth-order valence-electron chi connectivity index (χ4n) is 2.08. The molecule has 2 aromatic carbocycles. The zero-order valence-electron chi connectivity index (χ0n) is 10.4. The Balaban J connectivity index is 1.83. The Morgan fingerprint density at radius 3 is 2.65 bits per heavy atom. The number of halogens is 3. The van der Waals surface area contributed by atoms with Crippen molar-refractivity contribution in [2.75, 3.05) is 5.32 Å². The highest BCUT2D eigenvalue weighted by Crippen LogP contribution is 2.29. The van der Waals surface area contributed by atoms with Crippen molar-refractivity contribution in [1.29, 1.82) is 0 Å². The number of H-pyrrole nitrogens is 1. The van der Waals surface area contributed by atoms with Crippen molar-refractivity contribution in [2.24, 2.45) is 0 Å². The molecule has 3 rings (SSSR count). The second-order valence-corrected chi connectivity index (χ2v) is 6.09. The van der Waals surface area contributed by atoms with Gasteiger partial charge in [-0.1, -0.05) is 41.4 Å². The first kappa shape index (κ1) is 13.8. The summed E-state index contributed by atoms with van der Waals surface area (Å²) in [7, 11) is 0. The van der Waals surface area contributed by atoms with Crippen LogP contribution in [0.4, 0.5) is 5.69 Å². The van der Waals surface area contributed by atoms with Crippen LogP contribution in [0.1, 0.15) is 5.69 Å². The van der Waals surface area contributed by atoms with Crippen LogP contribution >= 0.6 is 39.1 Å². The van der Waals surface area contributed by atoms with Gasteiger partial charge in [0.05, 0.1) is 22.3 Å². The molecule has 3 aromatic rings. The number of aromatic nitrogens is 1. The third-order valence-electron chi connectivity index (χ3n) is 3.10. The number of aromatic amines is 1. The van der Waals surface area contributed by atoms with Crippen LogP contribution < -0.4 is 5.32 Å². The van der Waals surface area contributed by atoms with Crippen LogP contribution in [0.3, 0.4) is 0 Å². The molecular weight excluding hydrogens is 359 g/mol. The molecule has 20 heavy (non-hydrogen) atoms. The Labute approximate surface area is 135 Å². The molecule has 0 aliphatic heterocycles. The lowest BCUT2D eigenvalue weighted by Crippen LogP contribution is -2.00. The van der Waals surface area contributed by atoms with E-state index in [2.05, 4.69) is 26.2 Å². The molecular formula is C15H11BrCl2N2. The molecule has 1 heterocycles. The maximum Gasteiger partial charge on any atom is 0.0710 e. The van der Waals surface area contributed by atoms with Crippen molar-refractivity contribution in [1.82, 2.24) is 4.98 Å². The number of anilines is 1. The lowest BCUT2D eigenvalue weighted by Gasteiger charge is -2.06. The summed E-state index contributed by atoms with van der Waals surface area (Å²) in [5, 5.41) is 5.79. The van der Waals surface area contributed by atoms with Crippen molar-refractivity contribution >= 4 is 55.7 Å². The third-order valence-corrected chi connectivity index (χ3v) is 4.77. The molecule has 0 saturated carbocycles. The quantitative estimate of drug-likeness (QED) is 0.595. The van der Waals surface area contributed by atoms with Gasteiger partial charge < -0.3 is 10.3 Å². The average molecular weight is 370 g/mol. The van der Waals surface area contributed by atoms with Gasteiger partial charge in [-0.3, -0.25) is 0 Å². The zero-order chi connectivity index (χ0) is 14.1. The molecule has 0 spiro atoms. The topological polar surface area (TPSA) is 27.8 Å². The Kier molecular flexibility index (Phi) is 3.92. The monoisotopic (exact) mass is 368 g/mol. The number of fused-ring (bicyclic) bond motifs is 1. The normalized spacial score (nSPS) is 10.9. The molecule has 0 unspecified atom stereocenters. The van der Waals surface area contributed by atoms with E-state index in [-0.39, 0.29) is 0 Å². The largest absolute Gasteiger partial charge is 0.379 e. The predicted molar refractivity (Wildman–Crippen MR) is 89.8 cm³/mol. The van der Waals surface area contributed by atoms with E-state index >= 15 is 0 Å². The molecule has 0 aliphatic rings. The van der Waals surface area contributed by atoms with Crippen LogP contribution in [-0.4, -0.2) is 4.98 Å². The van der Waals surface area contributed by atoms with Gasteiger partial charge in [0, 0.05) is 21.1 Å². The smallest absolute Gasteiger partial charge is 0.0710 e. The molecule has 1 aromatic heterocycles. The Morgan fingerprint density at radius 1 is 1.10 bits per heavy atom. The fourth-order valence-corrected chi connectivity index (χ4v) is 2.79. The molecule has 0 radical (unpaired) electrons. The van der Waals surface area contributed by atoms with Crippen molar-refractivity contribution < 1.29 is 0 Å². The van der Waals surface area contributed by atoms with Gasteiger partial charge in [0.2, 0.25) is 0 Å². The summed E-state index contributed by atoms with van der Waals surface area (Å²) >= 11 is 15.8. The molecule has 2 nitrogen and oxygen atoms in total. The minimum absolute atomic E-state index is 0.617. The van der Waals surface area contributed by atoms with E-state index in [4.69, 9.17) is 23.2 Å². The van der Waals surface area contributed by atoms with Crippen LogP contribution in [0.15, 0.2) is 46.9 Å². The Morgan fingerprint density at radius 2 is 1.90 bits per heavy atom. The Bertz CT molecular complexity index is 768. The molecule has 0 atom stereocenters. The maximum atomic E-state index is 6.38. The van der Waals surface area contributed by atoms with Gasteiger partial charge >= 0.3 is 0 Å². The van der Waals surface area contributed by atoms with Crippen molar-refractivity contribution in [3.8, 4) is 0 Å². The van der Waals surface area contributed by atoms with Crippen LogP contribution in [0.5, 0.6) is 0 Å². The van der Waals surface area contributed by atoms with Crippen LogP contribution in [0, 0.1) is 0 Å². The SMILES string of the molecule is Clc1cc(NCc2[nH]c3ccccc3c2Cl)ccc1Br. The van der Waals surface area contributed by atoms with Gasteiger partial charge in [0.25, 0.3) is 0 Å². The first-order valence-corrected chi connectivity index (χ1v) is 7.64. The van der Waals surface area contributed by atoms with Gasteiger partial charge in [-0.05, 0) is 40.2 Å². The van der Waals surface area contributed by atoms with Crippen LogP contribution in [-0.2, 0) is 6.54 Å². The number of rotatable bonds is 3. The van der Waals surface area contributed by atoms with Crippen molar-refractivity contribution in [3.05, 3.63) is 62.7 Å². The number of hydrogen-bond acceptors (Lipinski definition) is 1. The number of hydrogen-bond donors (Lipinski definition) is 2. The van der Waals surface area contributed by atoms with Crippen molar-refractivity contribution in [2.45, 2.75) is 6.54 Å². The highest BCUT2D eigenvalue weighted by molar-refractivity contribution is 9.10. The molecule has 0 bridgehead atoms. The van der Waals surface area contributed by atoms with E-state index in [0.717, 1.165) is 31.8 Å². The van der Waals surface area contributed by atoms with E-state index in [0.29, 0.717) is 11.6 Å². The van der Waals surface area contributed by atoms with E-state index in [1.165, 1.54) is 0 Å². The summed E-state index contributed by atoms with van der Waals surface area (Å²) in [5.41, 5.74) is 2.96. The molecule has 102 valence electrons. The molecule has 2 N–H and O–H groups in total. The summed E-state index contributed by atoms with van der Waals surface area (Å²) in [5.74, 6) is 0. The average Bonchev–Trinajstić information content (AvgIpc) is 2.77. The summed E-state index contributed by atoms with van der Waals surface area (Å²) in [6, 6.07) is 13.7. The highest BCUT2D eigenvalue weighted by Gasteiger charge is 2.08. The first-order chi connectivity index (χ1) is 9.65. The van der Waals surface area contributed by atoms with Gasteiger partial charge in [-0.25, -0.2) is 0 Å². The van der Waals surface area contributed by atoms with Gasteiger partial charge in [-0.15, -0.1) is 0 Å². The molecule has 0 fully saturated rings. The van der Waals surface area contributed by atoms with Gasteiger partial charge in [0.1, 0.15) is 0 Å². The molecule has 5 heteroatoms. The predicted octanol–water partition coefficient (Wildman–Crippen LogP) is 5.85. The summed E-state index contributed by atoms with van der Waals surface area (Å²) in [4.78, 5) is 3.32. The fraction of sp³-hybridized carbons (Fsp3) is 0.0667. The van der Waals surface area contributed by atoms with Crippen LogP contribution in [0.2, 0.25) is 10.0 Å². The van der Waals surface area contributed by atoms with Gasteiger partial charge in [-0.2, -0.15) is 0 Å². The maximum absolute atomic E-state index is 6.38. The summed E-state index contributed by atoms with van der Waals surface area (Å²) < 4.78 is 0.883. The third kappa shape index (κ3) is 2.66. The second kappa shape index (κ2) is 5.68. The highest BCUT2D eigenvalue weighted by atomic mass is 79.9. The Hall–Kier alpha value is -1.16. The van der Waals surface area contributed by atoms with Crippen molar-refractivity contribution in [3.63, 3.8) is 0 Å².